The first-order chi connectivity index (χ1) is 11.1. The van der Waals surface area contributed by atoms with Crippen molar-refractivity contribution in [2.75, 3.05) is 27.7 Å². The van der Waals surface area contributed by atoms with Crippen LogP contribution in [0.2, 0.25) is 0 Å². The molecule has 2 rings (SSSR count). The van der Waals surface area contributed by atoms with Crippen molar-refractivity contribution in [1.29, 1.82) is 0 Å². The van der Waals surface area contributed by atoms with Gasteiger partial charge in [0.25, 0.3) is 0 Å². The summed E-state index contributed by atoms with van der Waals surface area (Å²) in [7, 11) is 5.66. The predicted molar refractivity (Wildman–Crippen MR) is 94.7 cm³/mol. The molecule has 2 aromatic carbocycles. The average molecular weight is 312 g/mol. The molecule has 1 atom stereocenters. The van der Waals surface area contributed by atoms with Gasteiger partial charge in [0.1, 0.15) is 0 Å². The van der Waals surface area contributed by atoms with E-state index in [2.05, 4.69) is 48.3 Å². The summed E-state index contributed by atoms with van der Waals surface area (Å²) in [5, 5.41) is 10.1. The van der Waals surface area contributed by atoms with E-state index in [0.29, 0.717) is 23.9 Å². The number of aliphatic imine (C=N–C) groups is 1. The van der Waals surface area contributed by atoms with Gasteiger partial charge in [-0.05, 0) is 38.2 Å². The van der Waals surface area contributed by atoms with E-state index in [0.717, 1.165) is 6.42 Å². The number of benzene rings is 2. The van der Waals surface area contributed by atoms with Gasteiger partial charge in [-0.1, -0.05) is 36.4 Å². The van der Waals surface area contributed by atoms with E-state index in [9.17, 15) is 5.11 Å². The Bertz CT molecular complexity index is 639. The summed E-state index contributed by atoms with van der Waals surface area (Å²) >= 11 is 0. The minimum atomic E-state index is 0.128. The van der Waals surface area contributed by atoms with Crippen molar-refractivity contribution in [3.63, 3.8) is 0 Å². The van der Waals surface area contributed by atoms with Crippen LogP contribution in [0.4, 0.5) is 0 Å². The monoisotopic (exact) mass is 312 g/mol. The van der Waals surface area contributed by atoms with Gasteiger partial charge in [-0.15, -0.1) is 0 Å². The summed E-state index contributed by atoms with van der Waals surface area (Å²) < 4.78 is 5.11. The lowest BCUT2D eigenvalue weighted by Crippen LogP contribution is -2.32. The predicted octanol–water partition coefficient (Wildman–Crippen LogP) is 2.99. The highest BCUT2D eigenvalue weighted by molar-refractivity contribution is 5.84. The summed E-state index contributed by atoms with van der Waals surface area (Å²) in [6.07, 6.45) is 2.65. The molecule has 2 aromatic rings. The first-order valence-corrected chi connectivity index (χ1v) is 7.68. The largest absolute Gasteiger partial charge is 0.504 e. The molecule has 0 bridgehead atoms. The molecule has 0 aliphatic rings. The summed E-state index contributed by atoms with van der Waals surface area (Å²) in [5.74, 6) is 0.589. The van der Waals surface area contributed by atoms with Gasteiger partial charge < -0.3 is 14.7 Å². The third-order valence-electron chi connectivity index (χ3n) is 3.84. The van der Waals surface area contributed by atoms with E-state index in [1.165, 1.54) is 12.7 Å². The molecule has 0 aromatic heterocycles. The second kappa shape index (κ2) is 8.34. The lowest BCUT2D eigenvalue weighted by Gasteiger charge is -2.22. The van der Waals surface area contributed by atoms with Crippen molar-refractivity contribution in [2.45, 2.75) is 12.5 Å². The number of rotatable bonds is 7. The normalized spacial score (nSPS) is 12.7. The molecular formula is C19H24N2O2. The van der Waals surface area contributed by atoms with Crippen LogP contribution in [0.1, 0.15) is 11.1 Å². The molecule has 0 saturated heterocycles. The van der Waals surface area contributed by atoms with Crippen LogP contribution >= 0.6 is 0 Å². The Morgan fingerprint density at radius 3 is 2.52 bits per heavy atom. The smallest absolute Gasteiger partial charge is 0.166 e. The maximum Gasteiger partial charge on any atom is 0.166 e. The van der Waals surface area contributed by atoms with Gasteiger partial charge in [-0.3, -0.25) is 4.99 Å². The zero-order valence-corrected chi connectivity index (χ0v) is 13.9. The van der Waals surface area contributed by atoms with E-state index in [1.807, 2.05) is 18.2 Å². The molecule has 0 amide bonds. The first kappa shape index (κ1) is 17.0. The zero-order chi connectivity index (χ0) is 16.7. The minimum absolute atomic E-state index is 0.128. The van der Waals surface area contributed by atoms with Crippen LogP contribution in [0.15, 0.2) is 53.5 Å². The number of nitrogens with zero attached hydrogens (tertiary/aromatic N) is 2. The van der Waals surface area contributed by atoms with Crippen LogP contribution < -0.4 is 4.74 Å². The van der Waals surface area contributed by atoms with Crippen LogP contribution in [0.25, 0.3) is 0 Å². The summed E-state index contributed by atoms with van der Waals surface area (Å²) in [4.78, 5) is 6.69. The molecule has 0 spiro atoms. The number of hydrogen-bond donors (Lipinski definition) is 1. The number of methoxy groups -OCH3 is 1. The van der Waals surface area contributed by atoms with Crippen LogP contribution in [-0.2, 0) is 6.42 Å². The Morgan fingerprint density at radius 2 is 1.87 bits per heavy atom. The second-order valence-electron chi connectivity index (χ2n) is 5.70. The third kappa shape index (κ3) is 4.83. The van der Waals surface area contributed by atoms with Gasteiger partial charge in [0, 0.05) is 17.8 Å². The van der Waals surface area contributed by atoms with Gasteiger partial charge in [-0.25, -0.2) is 0 Å². The van der Waals surface area contributed by atoms with E-state index in [1.54, 1.807) is 12.3 Å². The number of ether oxygens (including phenoxy) is 1. The van der Waals surface area contributed by atoms with Crippen molar-refractivity contribution in [2.24, 2.45) is 4.99 Å². The van der Waals surface area contributed by atoms with Crippen molar-refractivity contribution < 1.29 is 9.84 Å². The fraction of sp³-hybridized carbons (Fsp3) is 0.316. The second-order valence-corrected chi connectivity index (χ2v) is 5.70. The zero-order valence-electron chi connectivity index (χ0n) is 13.9. The van der Waals surface area contributed by atoms with Crippen molar-refractivity contribution in [3.05, 3.63) is 59.7 Å². The van der Waals surface area contributed by atoms with Gasteiger partial charge in [0.05, 0.1) is 13.7 Å². The highest BCUT2D eigenvalue weighted by atomic mass is 16.5. The van der Waals surface area contributed by atoms with Crippen LogP contribution in [0, 0.1) is 0 Å². The molecule has 0 unspecified atom stereocenters. The standard InChI is InChI=1S/C19H24N2O2/c1-21(2)17(12-15-8-5-4-6-9-15)14-20-13-16-10-7-11-18(23-3)19(16)22/h4-11,13,17,22H,12,14H2,1-3H3/t17-/m0/s1. The number of likely N-dealkylation sites (N-methyl/N-ethyl adjacent to an activating group) is 1. The Kier molecular flexibility index (Phi) is 6.18. The van der Waals surface area contributed by atoms with E-state index >= 15 is 0 Å². The first-order valence-electron chi connectivity index (χ1n) is 7.68. The SMILES string of the molecule is COc1cccc(C=NC[C@H](Cc2ccccc2)N(C)C)c1O. The maximum absolute atomic E-state index is 10.1. The fourth-order valence-corrected chi connectivity index (χ4v) is 2.38. The van der Waals surface area contributed by atoms with Gasteiger partial charge in [-0.2, -0.15) is 0 Å². The van der Waals surface area contributed by atoms with Crippen LogP contribution in [0.5, 0.6) is 11.5 Å². The molecule has 23 heavy (non-hydrogen) atoms. The van der Waals surface area contributed by atoms with Gasteiger partial charge in [0.2, 0.25) is 0 Å². The van der Waals surface area contributed by atoms with Crippen LogP contribution in [-0.4, -0.2) is 50.0 Å². The van der Waals surface area contributed by atoms with E-state index in [-0.39, 0.29) is 5.75 Å². The highest BCUT2D eigenvalue weighted by Gasteiger charge is 2.11. The lowest BCUT2D eigenvalue weighted by molar-refractivity contribution is 0.298. The van der Waals surface area contributed by atoms with E-state index < -0.39 is 0 Å². The molecule has 0 aliphatic carbocycles. The quantitative estimate of drug-likeness (QED) is 0.799. The molecule has 4 heteroatoms. The minimum Gasteiger partial charge on any atom is -0.504 e. The molecular weight excluding hydrogens is 288 g/mol. The topological polar surface area (TPSA) is 45.1 Å². The molecule has 1 N–H and O–H groups in total. The molecule has 0 saturated carbocycles. The molecule has 122 valence electrons. The lowest BCUT2D eigenvalue weighted by atomic mass is 10.1. The summed E-state index contributed by atoms with van der Waals surface area (Å²) in [5.41, 5.74) is 1.96. The Hall–Kier alpha value is -2.33. The summed E-state index contributed by atoms with van der Waals surface area (Å²) in [6, 6.07) is 16.1. The Balaban J connectivity index is 2.04. The molecule has 0 aliphatic heterocycles. The van der Waals surface area contributed by atoms with Gasteiger partial charge >= 0.3 is 0 Å². The Morgan fingerprint density at radius 1 is 1.13 bits per heavy atom. The van der Waals surface area contributed by atoms with Crippen molar-refractivity contribution >= 4 is 6.21 Å². The molecule has 0 radical (unpaired) electrons. The van der Waals surface area contributed by atoms with Crippen molar-refractivity contribution in [1.82, 2.24) is 4.90 Å². The number of phenols is 1. The number of phenolic OH excluding ortho intramolecular Hbond substituents is 1. The van der Waals surface area contributed by atoms with Crippen molar-refractivity contribution in [3.8, 4) is 11.5 Å². The van der Waals surface area contributed by atoms with Crippen LogP contribution in [0.3, 0.4) is 0 Å². The third-order valence-corrected chi connectivity index (χ3v) is 3.84. The molecule has 0 heterocycles. The number of para-hydroxylation sites is 1. The molecule has 4 nitrogen and oxygen atoms in total. The number of aromatic hydroxyl groups is 1. The van der Waals surface area contributed by atoms with E-state index in [4.69, 9.17) is 4.74 Å². The average Bonchev–Trinajstić information content (AvgIpc) is 2.56. The Labute approximate surface area is 138 Å². The maximum atomic E-state index is 10.1. The highest BCUT2D eigenvalue weighted by Crippen LogP contribution is 2.28. The fourth-order valence-electron chi connectivity index (χ4n) is 2.38. The summed E-state index contributed by atoms with van der Waals surface area (Å²) in [6.45, 7) is 0.665. The van der Waals surface area contributed by atoms with Gasteiger partial charge in [0.15, 0.2) is 11.5 Å². The molecule has 0 fully saturated rings. The number of hydrogen-bond acceptors (Lipinski definition) is 4.